The van der Waals surface area contributed by atoms with Crippen LogP contribution in [0.3, 0.4) is 0 Å². The number of carbonyl (C=O) groups excluding carboxylic acids is 1. The minimum atomic E-state index is 0.0832. The highest BCUT2D eigenvalue weighted by Gasteiger charge is 2.16. The van der Waals surface area contributed by atoms with Gasteiger partial charge in [0.1, 0.15) is 5.75 Å². The molecule has 3 heteroatoms. The van der Waals surface area contributed by atoms with Gasteiger partial charge in [0.05, 0.1) is 11.7 Å². The van der Waals surface area contributed by atoms with Gasteiger partial charge in [0.15, 0.2) is 5.78 Å². The first-order chi connectivity index (χ1) is 10.6. The predicted molar refractivity (Wildman–Crippen MR) is 90.8 cm³/mol. The second-order valence-electron chi connectivity index (χ2n) is 6.60. The van der Waals surface area contributed by atoms with E-state index in [4.69, 9.17) is 4.74 Å². The minimum absolute atomic E-state index is 0.0832. The highest BCUT2D eigenvalue weighted by molar-refractivity contribution is 5.99. The number of nitrogens with zero attached hydrogens (tertiary/aromatic N) is 1. The van der Waals surface area contributed by atoms with Gasteiger partial charge in [-0.2, -0.15) is 0 Å². The first kappa shape index (κ1) is 17.0. The Morgan fingerprint density at radius 1 is 1.18 bits per heavy atom. The largest absolute Gasteiger partial charge is 0.490 e. The zero-order valence-electron chi connectivity index (χ0n) is 14.2. The van der Waals surface area contributed by atoms with Gasteiger partial charge in [-0.15, -0.1) is 0 Å². The van der Waals surface area contributed by atoms with Gasteiger partial charge in [-0.1, -0.05) is 24.5 Å². The van der Waals surface area contributed by atoms with Crippen molar-refractivity contribution >= 4 is 5.78 Å². The van der Waals surface area contributed by atoms with Crippen molar-refractivity contribution in [1.82, 2.24) is 4.90 Å². The van der Waals surface area contributed by atoms with Crippen molar-refractivity contribution in [2.45, 2.75) is 59.0 Å². The number of benzene rings is 1. The maximum atomic E-state index is 12.6. The van der Waals surface area contributed by atoms with Gasteiger partial charge >= 0.3 is 0 Å². The van der Waals surface area contributed by atoms with Crippen molar-refractivity contribution in [3.05, 3.63) is 29.3 Å². The Bertz CT molecular complexity index is 488. The van der Waals surface area contributed by atoms with Crippen molar-refractivity contribution in [3.8, 4) is 5.75 Å². The summed E-state index contributed by atoms with van der Waals surface area (Å²) < 4.78 is 5.80. The summed E-state index contributed by atoms with van der Waals surface area (Å²) in [4.78, 5) is 15.1. The molecule has 1 fully saturated rings. The zero-order valence-corrected chi connectivity index (χ0v) is 14.2. The monoisotopic (exact) mass is 303 g/mol. The van der Waals surface area contributed by atoms with Crippen LogP contribution in [-0.4, -0.2) is 36.4 Å². The molecular weight excluding hydrogens is 274 g/mol. The first-order valence-electron chi connectivity index (χ1n) is 8.59. The summed E-state index contributed by atoms with van der Waals surface area (Å²) in [5.41, 5.74) is 1.85. The van der Waals surface area contributed by atoms with Crippen LogP contribution in [-0.2, 0) is 0 Å². The molecule has 2 rings (SSSR count). The normalized spacial score (nSPS) is 16.5. The zero-order chi connectivity index (χ0) is 15.9. The molecule has 0 aliphatic carbocycles. The smallest absolute Gasteiger partial charge is 0.167 e. The van der Waals surface area contributed by atoms with Crippen LogP contribution in [0.5, 0.6) is 5.75 Å². The highest BCUT2D eigenvalue weighted by Crippen LogP contribution is 2.23. The van der Waals surface area contributed by atoms with Gasteiger partial charge in [-0.25, -0.2) is 0 Å². The van der Waals surface area contributed by atoms with E-state index in [0.29, 0.717) is 6.42 Å². The van der Waals surface area contributed by atoms with E-state index in [2.05, 4.69) is 4.90 Å². The maximum absolute atomic E-state index is 12.6. The second kappa shape index (κ2) is 8.33. The molecule has 0 spiro atoms. The van der Waals surface area contributed by atoms with Crippen LogP contribution in [0.25, 0.3) is 0 Å². The minimum Gasteiger partial charge on any atom is -0.490 e. The van der Waals surface area contributed by atoms with E-state index in [1.807, 2.05) is 39.0 Å². The average molecular weight is 303 g/mol. The van der Waals surface area contributed by atoms with Crippen LogP contribution in [0.4, 0.5) is 0 Å². The lowest BCUT2D eigenvalue weighted by Crippen LogP contribution is -2.27. The molecule has 0 bridgehead atoms. The van der Waals surface area contributed by atoms with Crippen LogP contribution in [0.15, 0.2) is 18.2 Å². The third-order valence-corrected chi connectivity index (χ3v) is 4.15. The Labute approximate surface area is 134 Å². The summed E-state index contributed by atoms with van der Waals surface area (Å²) >= 11 is 0. The van der Waals surface area contributed by atoms with Gasteiger partial charge in [0, 0.05) is 13.0 Å². The molecule has 0 radical (unpaired) electrons. The lowest BCUT2D eigenvalue weighted by atomic mass is 10.0. The number of hydrogen-bond acceptors (Lipinski definition) is 3. The van der Waals surface area contributed by atoms with E-state index in [1.165, 1.54) is 25.7 Å². The molecule has 0 atom stereocenters. The summed E-state index contributed by atoms with van der Waals surface area (Å²) in [5.74, 6) is 0.921. The molecule has 0 N–H and O–H groups in total. The lowest BCUT2D eigenvalue weighted by molar-refractivity contribution is 0.0959. The van der Waals surface area contributed by atoms with Gasteiger partial charge in [-0.05, 0) is 58.8 Å². The number of likely N-dealkylation sites (tertiary alicyclic amines) is 1. The fourth-order valence-electron chi connectivity index (χ4n) is 2.97. The lowest BCUT2D eigenvalue weighted by Gasteiger charge is -2.20. The average Bonchev–Trinajstić information content (AvgIpc) is 2.75. The van der Waals surface area contributed by atoms with E-state index >= 15 is 0 Å². The van der Waals surface area contributed by atoms with Crippen molar-refractivity contribution < 1.29 is 9.53 Å². The summed E-state index contributed by atoms with van der Waals surface area (Å²) in [7, 11) is 0. The summed E-state index contributed by atoms with van der Waals surface area (Å²) in [5, 5.41) is 0. The van der Waals surface area contributed by atoms with Gasteiger partial charge in [0.2, 0.25) is 0 Å². The Morgan fingerprint density at radius 2 is 1.86 bits per heavy atom. The van der Waals surface area contributed by atoms with E-state index in [9.17, 15) is 4.79 Å². The molecular formula is C19H29NO2. The number of ether oxygens (including phenoxy) is 1. The number of ketones is 1. The highest BCUT2D eigenvalue weighted by atomic mass is 16.5. The standard InChI is InChI=1S/C19H29NO2/c1-15(2)22-19-9-8-16(3)14-17(19)18(21)10-13-20-11-6-4-5-7-12-20/h8-9,14-15H,4-7,10-13H2,1-3H3. The molecule has 1 aliphatic rings. The summed E-state index contributed by atoms with van der Waals surface area (Å²) in [6, 6.07) is 5.89. The van der Waals surface area contributed by atoms with Crippen molar-refractivity contribution in [2.75, 3.05) is 19.6 Å². The number of aryl methyl sites for hydroxylation is 1. The fraction of sp³-hybridized carbons (Fsp3) is 0.632. The van der Waals surface area contributed by atoms with E-state index < -0.39 is 0 Å². The molecule has 1 aliphatic heterocycles. The van der Waals surface area contributed by atoms with Crippen molar-refractivity contribution in [2.24, 2.45) is 0 Å². The molecule has 1 aromatic carbocycles. The van der Waals surface area contributed by atoms with Crippen LogP contribution in [0.1, 0.15) is 61.9 Å². The molecule has 22 heavy (non-hydrogen) atoms. The molecule has 3 nitrogen and oxygen atoms in total. The van der Waals surface area contributed by atoms with Crippen molar-refractivity contribution in [1.29, 1.82) is 0 Å². The quantitative estimate of drug-likeness (QED) is 0.737. The van der Waals surface area contributed by atoms with Gasteiger partial charge < -0.3 is 9.64 Å². The Kier molecular flexibility index (Phi) is 6.44. The molecule has 0 saturated carbocycles. The van der Waals surface area contributed by atoms with Crippen LogP contribution in [0, 0.1) is 6.92 Å². The van der Waals surface area contributed by atoms with E-state index in [0.717, 1.165) is 36.5 Å². The van der Waals surface area contributed by atoms with Crippen LogP contribution in [0.2, 0.25) is 0 Å². The van der Waals surface area contributed by atoms with Gasteiger partial charge in [-0.3, -0.25) is 4.79 Å². The third-order valence-electron chi connectivity index (χ3n) is 4.15. The van der Waals surface area contributed by atoms with E-state index in [1.54, 1.807) is 0 Å². The molecule has 122 valence electrons. The third kappa shape index (κ3) is 5.13. The molecule has 1 aromatic rings. The second-order valence-corrected chi connectivity index (χ2v) is 6.60. The molecule has 1 heterocycles. The van der Waals surface area contributed by atoms with Crippen molar-refractivity contribution in [3.63, 3.8) is 0 Å². The number of hydrogen-bond donors (Lipinski definition) is 0. The Balaban J connectivity index is 2.00. The number of Topliss-reactive ketones (excluding diaryl/α,β-unsaturated/α-hetero) is 1. The molecule has 1 saturated heterocycles. The van der Waals surface area contributed by atoms with Crippen LogP contribution < -0.4 is 4.74 Å². The van der Waals surface area contributed by atoms with Crippen LogP contribution >= 0.6 is 0 Å². The summed E-state index contributed by atoms with van der Waals surface area (Å²) in [6.07, 6.45) is 5.85. The topological polar surface area (TPSA) is 29.5 Å². The SMILES string of the molecule is Cc1ccc(OC(C)C)c(C(=O)CCN2CCCCCC2)c1. The number of rotatable bonds is 6. The first-order valence-corrected chi connectivity index (χ1v) is 8.59. The summed E-state index contributed by atoms with van der Waals surface area (Å²) in [6.45, 7) is 9.14. The Morgan fingerprint density at radius 3 is 2.50 bits per heavy atom. The predicted octanol–water partition coefficient (Wildman–Crippen LogP) is 4.23. The maximum Gasteiger partial charge on any atom is 0.167 e. The molecule has 0 unspecified atom stereocenters. The fourth-order valence-corrected chi connectivity index (χ4v) is 2.97. The molecule has 0 amide bonds. The van der Waals surface area contributed by atoms with Gasteiger partial charge in [0.25, 0.3) is 0 Å². The number of carbonyl (C=O) groups is 1. The molecule has 0 aromatic heterocycles. The van der Waals surface area contributed by atoms with E-state index in [-0.39, 0.29) is 11.9 Å². The Hall–Kier alpha value is -1.35.